The molecule has 20 heavy (non-hydrogen) atoms. The van der Waals surface area contributed by atoms with Gasteiger partial charge in [-0.25, -0.2) is 4.79 Å². The molecule has 108 valence electrons. The number of benzene rings is 1. The molecule has 1 aliphatic heterocycles. The average molecular weight is 276 g/mol. The smallest absolute Gasteiger partial charge is 0.409 e. The highest BCUT2D eigenvalue weighted by molar-refractivity contribution is 5.92. The van der Waals surface area contributed by atoms with Crippen molar-refractivity contribution >= 4 is 12.0 Å². The maximum Gasteiger partial charge on any atom is 0.409 e. The quantitative estimate of drug-likeness (QED) is 0.913. The first-order chi connectivity index (χ1) is 9.66. The van der Waals surface area contributed by atoms with Crippen molar-refractivity contribution in [3.8, 4) is 0 Å². The monoisotopic (exact) mass is 276 g/mol. The molecule has 1 saturated heterocycles. The van der Waals surface area contributed by atoms with Crippen molar-refractivity contribution in [2.24, 2.45) is 5.73 Å². The van der Waals surface area contributed by atoms with Crippen LogP contribution in [0.2, 0.25) is 0 Å². The van der Waals surface area contributed by atoms with E-state index in [0.29, 0.717) is 18.6 Å². The first-order valence-corrected chi connectivity index (χ1v) is 6.97. The van der Waals surface area contributed by atoms with E-state index < -0.39 is 5.91 Å². The maximum absolute atomic E-state index is 11.8. The highest BCUT2D eigenvalue weighted by atomic mass is 16.6. The number of carbonyl (C=O) groups excluding carboxylic acids is 2. The molecule has 1 aromatic rings. The second kappa shape index (κ2) is 6.93. The number of ether oxygens (including phenoxy) is 1. The van der Waals surface area contributed by atoms with Crippen molar-refractivity contribution in [2.45, 2.75) is 25.7 Å². The fourth-order valence-electron chi connectivity index (χ4n) is 2.30. The second-order valence-electron chi connectivity index (χ2n) is 4.98. The number of nitrogens with two attached hydrogens (primary N) is 1. The Balaban J connectivity index is 1.79. The van der Waals surface area contributed by atoms with E-state index in [1.165, 1.54) is 6.42 Å². The third-order valence-corrected chi connectivity index (χ3v) is 3.44. The summed E-state index contributed by atoms with van der Waals surface area (Å²) in [7, 11) is 0. The number of primary amides is 1. The zero-order valence-electron chi connectivity index (χ0n) is 11.5. The van der Waals surface area contributed by atoms with E-state index in [-0.39, 0.29) is 6.09 Å². The number of likely N-dealkylation sites (tertiary alicyclic amines) is 1. The average Bonchev–Trinajstić information content (AvgIpc) is 2.48. The normalized spacial score (nSPS) is 14.9. The van der Waals surface area contributed by atoms with Gasteiger partial charge in [0.05, 0.1) is 6.61 Å². The molecule has 1 fully saturated rings. The molecule has 0 atom stereocenters. The second-order valence-corrected chi connectivity index (χ2v) is 4.98. The summed E-state index contributed by atoms with van der Waals surface area (Å²) in [4.78, 5) is 24.6. The van der Waals surface area contributed by atoms with Gasteiger partial charge < -0.3 is 15.4 Å². The van der Waals surface area contributed by atoms with E-state index >= 15 is 0 Å². The molecule has 1 heterocycles. The molecule has 5 nitrogen and oxygen atoms in total. The van der Waals surface area contributed by atoms with Crippen LogP contribution in [0.4, 0.5) is 4.79 Å². The summed E-state index contributed by atoms with van der Waals surface area (Å²) in [6.07, 6.45) is 3.63. The number of rotatable bonds is 4. The lowest BCUT2D eigenvalue weighted by Crippen LogP contribution is -2.36. The highest BCUT2D eigenvalue weighted by Gasteiger charge is 2.17. The van der Waals surface area contributed by atoms with Crippen molar-refractivity contribution < 1.29 is 14.3 Å². The summed E-state index contributed by atoms with van der Waals surface area (Å²) in [6, 6.07) is 7.08. The number of hydrogen-bond acceptors (Lipinski definition) is 3. The van der Waals surface area contributed by atoms with Gasteiger partial charge in [-0.05, 0) is 37.0 Å². The van der Waals surface area contributed by atoms with Crippen LogP contribution in [0.1, 0.15) is 35.2 Å². The lowest BCUT2D eigenvalue weighted by atomic mass is 10.1. The fourth-order valence-corrected chi connectivity index (χ4v) is 2.30. The predicted octanol–water partition coefficient (Wildman–Crippen LogP) is 1.95. The molecule has 2 amide bonds. The largest absolute Gasteiger partial charge is 0.449 e. The van der Waals surface area contributed by atoms with Crippen molar-refractivity contribution in [1.82, 2.24) is 4.90 Å². The minimum absolute atomic E-state index is 0.240. The minimum atomic E-state index is -0.447. The van der Waals surface area contributed by atoms with Crippen LogP contribution in [0.25, 0.3) is 0 Å². The van der Waals surface area contributed by atoms with Gasteiger partial charge in [-0.15, -0.1) is 0 Å². The van der Waals surface area contributed by atoms with E-state index in [0.717, 1.165) is 31.5 Å². The summed E-state index contributed by atoms with van der Waals surface area (Å²) >= 11 is 0. The Morgan fingerprint density at radius 3 is 2.65 bits per heavy atom. The highest BCUT2D eigenvalue weighted by Crippen LogP contribution is 2.10. The van der Waals surface area contributed by atoms with E-state index in [4.69, 9.17) is 10.5 Å². The van der Waals surface area contributed by atoms with Crippen molar-refractivity contribution in [3.63, 3.8) is 0 Å². The van der Waals surface area contributed by atoms with E-state index in [1.807, 2.05) is 6.07 Å². The van der Waals surface area contributed by atoms with Crippen LogP contribution in [0.5, 0.6) is 0 Å². The van der Waals surface area contributed by atoms with Crippen molar-refractivity contribution in [2.75, 3.05) is 19.7 Å². The molecular formula is C15H20N2O3. The minimum Gasteiger partial charge on any atom is -0.449 e. The Kier molecular flexibility index (Phi) is 4.98. The van der Waals surface area contributed by atoms with Crippen LogP contribution in [0.15, 0.2) is 24.3 Å². The molecule has 0 saturated carbocycles. The molecule has 5 heteroatoms. The summed E-state index contributed by atoms with van der Waals surface area (Å²) in [5.74, 6) is -0.447. The topological polar surface area (TPSA) is 72.6 Å². The Morgan fingerprint density at radius 2 is 1.95 bits per heavy atom. The molecule has 0 aromatic heterocycles. The van der Waals surface area contributed by atoms with Gasteiger partial charge in [-0.3, -0.25) is 4.79 Å². The van der Waals surface area contributed by atoms with Crippen LogP contribution in [-0.2, 0) is 11.2 Å². The predicted molar refractivity (Wildman–Crippen MR) is 75.4 cm³/mol. The van der Waals surface area contributed by atoms with Gasteiger partial charge in [0.1, 0.15) is 0 Å². The SMILES string of the molecule is NC(=O)c1cccc(CCOC(=O)N2CCCCC2)c1. The number of hydrogen-bond donors (Lipinski definition) is 1. The summed E-state index contributed by atoms with van der Waals surface area (Å²) in [5, 5.41) is 0. The zero-order chi connectivity index (χ0) is 14.4. The van der Waals surface area contributed by atoms with E-state index in [2.05, 4.69) is 0 Å². The van der Waals surface area contributed by atoms with Gasteiger partial charge in [0, 0.05) is 25.1 Å². The van der Waals surface area contributed by atoms with E-state index in [9.17, 15) is 9.59 Å². The van der Waals surface area contributed by atoms with Gasteiger partial charge in [0.15, 0.2) is 0 Å². The Hall–Kier alpha value is -2.04. The van der Waals surface area contributed by atoms with Crippen LogP contribution in [0.3, 0.4) is 0 Å². The third-order valence-electron chi connectivity index (χ3n) is 3.44. The summed E-state index contributed by atoms with van der Waals surface area (Å²) < 4.78 is 5.26. The van der Waals surface area contributed by atoms with Gasteiger partial charge >= 0.3 is 6.09 Å². The first-order valence-electron chi connectivity index (χ1n) is 6.97. The number of nitrogens with zero attached hydrogens (tertiary/aromatic N) is 1. The Bertz CT molecular complexity index is 482. The number of piperidine rings is 1. The van der Waals surface area contributed by atoms with E-state index in [1.54, 1.807) is 23.1 Å². The molecular weight excluding hydrogens is 256 g/mol. The summed E-state index contributed by atoms with van der Waals surface area (Å²) in [5.41, 5.74) is 6.64. The Labute approximate surface area is 118 Å². The van der Waals surface area contributed by atoms with Gasteiger partial charge in [0.2, 0.25) is 5.91 Å². The lowest BCUT2D eigenvalue weighted by Gasteiger charge is -2.25. The number of amides is 2. The van der Waals surface area contributed by atoms with Gasteiger partial charge in [-0.2, -0.15) is 0 Å². The standard InChI is InChI=1S/C15H20N2O3/c16-14(18)13-6-4-5-12(11-13)7-10-20-15(19)17-8-2-1-3-9-17/h4-6,11H,1-3,7-10H2,(H2,16,18). The number of carbonyl (C=O) groups is 2. The fraction of sp³-hybridized carbons (Fsp3) is 0.467. The first kappa shape index (κ1) is 14.4. The molecule has 0 bridgehead atoms. The van der Waals surface area contributed by atoms with Crippen LogP contribution < -0.4 is 5.73 Å². The van der Waals surface area contributed by atoms with Crippen LogP contribution in [0, 0.1) is 0 Å². The third kappa shape index (κ3) is 3.98. The molecule has 1 aromatic carbocycles. The maximum atomic E-state index is 11.8. The lowest BCUT2D eigenvalue weighted by molar-refractivity contribution is 0.0958. The van der Waals surface area contributed by atoms with Crippen molar-refractivity contribution in [1.29, 1.82) is 0 Å². The molecule has 0 radical (unpaired) electrons. The molecule has 0 aliphatic carbocycles. The molecule has 0 unspecified atom stereocenters. The van der Waals surface area contributed by atoms with Gasteiger partial charge in [0.25, 0.3) is 0 Å². The molecule has 0 spiro atoms. The molecule has 2 N–H and O–H groups in total. The van der Waals surface area contributed by atoms with Crippen LogP contribution >= 0.6 is 0 Å². The zero-order valence-corrected chi connectivity index (χ0v) is 11.5. The van der Waals surface area contributed by atoms with Gasteiger partial charge in [-0.1, -0.05) is 12.1 Å². The summed E-state index contributed by atoms with van der Waals surface area (Å²) in [6.45, 7) is 1.89. The molecule has 1 aliphatic rings. The molecule has 2 rings (SSSR count). The Morgan fingerprint density at radius 1 is 1.20 bits per heavy atom. The van der Waals surface area contributed by atoms with Crippen molar-refractivity contribution in [3.05, 3.63) is 35.4 Å². The van der Waals surface area contributed by atoms with Crippen LogP contribution in [-0.4, -0.2) is 36.6 Å².